The molecule has 1 amide bonds. The molecule has 2 rings (SSSR count). The molecular weight excluding hydrogens is 271 g/mol. The minimum atomic E-state index is -0.222. The number of rotatable bonds is 3. The van der Waals surface area contributed by atoms with E-state index in [2.05, 4.69) is 0 Å². The molecule has 1 fully saturated rings. The van der Waals surface area contributed by atoms with Crippen molar-refractivity contribution >= 4 is 29.1 Å². The molecule has 1 aromatic carbocycles. The highest BCUT2D eigenvalue weighted by Gasteiger charge is 2.39. The standard InChI is InChI=1S/C13H16Cl2N2O/c1-2-6-17-11(18)7-10(16)13(17)8-4-3-5-9(14)12(8)15/h3-5,10,13H,2,6-7,16H2,1H3. The molecular formula is C13H16Cl2N2O. The Morgan fingerprint density at radius 1 is 1.44 bits per heavy atom. The van der Waals surface area contributed by atoms with Crippen molar-refractivity contribution in [1.82, 2.24) is 4.90 Å². The summed E-state index contributed by atoms with van der Waals surface area (Å²) in [5.41, 5.74) is 6.92. The Kier molecular flexibility index (Phi) is 4.15. The fourth-order valence-corrected chi connectivity index (χ4v) is 2.89. The van der Waals surface area contributed by atoms with E-state index in [1.54, 1.807) is 6.07 Å². The number of halogens is 2. The first-order chi connectivity index (χ1) is 8.56. The van der Waals surface area contributed by atoms with Gasteiger partial charge in [-0.25, -0.2) is 0 Å². The SMILES string of the molecule is CCCN1C(=O)CC(N)C1c1cccc(Cl)c1Cl. The lowest BCUT2D eigenvalue weighted by Crippen LogP contribution is -2.33. The van der Waals surface area contributed by atoms with Gasteiger partial charge in [-0.05, 0) is 18.1 Å². The Morgan fingerprint density at radius 3 is 2.83 bits per heavy atom. The molecule has 1 heterocycles. The Balaban J connectivity index is 2.40. The fraction of sp³-hybridized carbons (Fsp3) is 0.462. The molecule has 0 bridgehead atoms. The average Bonchev–Trinajstić information content (AvgIpc) is 2.59. The summed E-state index contributed by atoms with van der Waals surface area (Å²) < 4.78 is 0. The topological polar surface area (TPSA) is 46.3 Å². The van der Waals surface area contributed by atoms with Gasteiger partial charge in [-0.1, -0.05) is 42.3 Å². The summed E-state index contributed by atoms with van der Waals surface area (Å²) in [6.07, 6.45) is 1.26. The molecule has 18 heavy (non-hydrogen) atoms. The monoisotopic (exact) mass is 286 g/mol. The maximum Gasteiger partial charge on any atom is 0.224 e. The lowest BCUT2D eigenvalue weighted by molar-refractivity contribution is -0.129. The van der Waals surface area contributed by atoms with E-state index in [1.165, 1.54) is 0 Å². The second-order valence-electron chi connectivity index (χ2n) is 4.54. The lowest BCUT2D eigenvalue weighted by atomic mass is 10.0. The Bertz CT molecular complexity index is 464. The molecule has 1 aliphatic heterocycles. The highest BCUT2D eigenvalue weighted by Crippen LogP contribution is 2.38. The zero-order valence-electron chi connectivity index (χ0n) is 10.2. The van der Waals surface area contributed by atoms with Crippen LogP contribution >= 0.6 is 23.2 Å². The van der Waals surface area contributed by atoms with Crippen molar-refractivity contribution in [3.63, 3.8) is 0 Å². The quantitative estimate of drug-likeness (QED) is 0.929. The van der Waals surface area contributed by atoms with Gasteiger partial charge in [-0.15, -0.1) is 0 Å². The van der Waals surface area contributed by atoms with Crippen molar-refractivity contribution in [3.8, 4) is 0 Å². The molecule has 0 spiro atoms. The molecule has 2 atom stereocenters. The van der Waals surface area contributed by atoms with Gasteiger partial charge in [-0.3, -0.25) is 4.79 Å². The minimum Gasteiger partial charge on any atom is -0.334 e. The number of carbonyl (C=O) groups excluding carboxylic acids is 1. The molecule has 3 nitrogen and oxygen atoms in total. The van der Waals surface area contributed by atoms with Gasteiger partial charge in [0.05, 0.1) is 16.1 Å². The first kappa shape index (κ1) is 13.7. The molecule has 0 radical (unpaired) electrons. The highest BCUT2D eigenvalue weighted by molar-refractivity contribution is 6.42. The van der Waals surface area contributed by atoms with E-state index < -0.39 is 0 Å². The third kappa shape index (κ3) is 2.35. The van der Waals surface area contributed by atoms with Crippen molar-refractivity contribution in [1.29, 1.82) is 0 Å². The maximum atomic E-state index is 11.9. The molecule has 0 saturated carbocycles. The van der Waals surface area contributed by atoms with Crippen LogP contribution in [0, 0.1) is 0 Å². The van der Waals surface area contributed by atoms with Crippen LogP contribution in [0.5, 0.6) is 0 Å². The molecule has 2 N–H and O–H groups in total. The van der Waals surface area contributed by atoms with E-state index in [4.69, 9.17) is 28.9 Å². The van der Waals surface area contributed by atoms with Gasteiger partial charge in [0.25, 0.3) is 0 Å². The maximum absolute atomic E-state index is 11.9. The number of amides is 1. The predicted octanol–water partition coefficient (Wildman–Crippen LogP) is 3.00. The third-order valence-corrected chi connectivity index (χ3v) is 4.07. The Hall–Kier alpha value is -0.770. The normalized spacial score (nSPS) is 23.8. The number of hydrogen-bond donors (Lipinski definition) is 1. The van der Waals surface area contributed by atoms with Crippen LogP contribution < -0.4 is 5.73 Å². The van der Waals surface area contributed by atoms with E-state index >= 15 is 0 Å². The summed E-state index contributed by atoms with van der Waals surface area (Å²) in [7, 11) is 0. The van der Waals surface area contributed by atoms with Crippen molar-refractivity contribution in [3.05, 3.63) is 33.8 Å². The summed E-state index contributed by atoms with van der Waals surface area (Å²) >= 11 is 12.3. The van der Waals surface area contributed by atoms with E-state index in [1.807, 2.05) is 24.0 Å². The van der Waals surface area contributed by atoms with Crippen LogP contribution in [0.1, 0.15) is 31.4 Å². The lowest BCUT2D eigenvalue weighted by Gasteiger charge is -2.27. The van der Waals surface area contributed by atoms with E-state index in [9.17, 15) is 4.79 Å². The second-order valence-corrected chi connectivity index (χ2v) is 5.33. The van der Waals surface area contributed by atoms with Crippen molar-refractivity contribution in [2.45, 2.75) is 31.8 Å². The summed E-state index contributed by atoms with van der Waals surface area (Å²) in [5, 5.41) is 0.993. The highest BCUT2D eigenvalue weighted by atomic mass is 35.5. The van der Waals surface area contributed by atoms with Crippen LogP contribution in [0.3, 0.4) is 0 Å². The average molecular weight is 287 g/mol. The van der Waals surface area contributed by atoms with Crippen molar-refractivity contribution < 1.29 is 4.79 Å². The van der Waals surface area contributed by atoms with Gasteiger partial charge in [0.1, 0.15) is 0 Å². The molecule has 0 aliphatic carbocycles. The minimum absolute atomic E-state index is 0.0883. The number of nitrogens with two attached hydrogens (primary N) is 1. The van der Waals surface area contributed by atoms with Crippen LogP contribution in [0.4, 0.5) is 0 Å². The summed E-state index contributed by atoms with van der Waals surface area (Å²) in [4.78, 5) is 13.7. The second kappa shape index (κ2) is 5.47. The van der Waals surface area contributed by atoms with Crippen molar-refractivity contribution in [2.24, 2.45) is 5.73 Å². The number of carbonyl (C=O) groups is 1. The predicted molar refractivity (Wildman–Crippen MR) is 73.8 cm³/mol. The Labute approximate surface area is 117 Å². The van der Waals surface area contributed by atoms with Gasteiger partial charge in [0.15, 0.2) is 0 Å². The Morgan fingerprint density at radius 2 is 2.17 bits per heavy atom. The van der Waals surface area contributed by atoms with Crippen LogP contribution in [0.2, 0.25) is 10.0 Å². The summed E-state index contributed by atoms with van der Waals surface area (Å²) in [6.45, 7) is 2.73. The van der Waals surface area contributed by atoms with Gasteiger partial charge in [0.2, 0.25) is 5.91 Å². The number of nitrogens with zero attached hydrogens (tertiary/aromatic N) is 1. The van der Waals surface area contributed by atoms with E-state index in [-0.39, 0.29) is 18.0 Å². The zero-order chi connectivity index (χ0) is 13.3. The first-order valence-corrected chi connectivity index (χ1v) is 6.80. The largest absolute Gasteiger partial charge is 0.334 e. The molecule has 5 heteroatoms. The van der Waals surface area contributed by atoms with Crippen molar-refractivity contribution in [2.75, 3.05) is 6.54 Å². The van der Waals surface area contributed by atoms with Gasteiger partial charge >= 0.3 is 0 Å². The van der Waals surface area contributed by atoms with E-state index in [0.717, 1.165) is 12.0 Å². The number of likely N-dealkylation sites (tertiary alicyclic amines) is 1. The molecule has 1 saturated heterocycles. The molecule has 1 aromatic rings. The van der Waals surface area contributed by atoms with Gasteiger partial charge < -0.3 is 10.6 Å². The summed E-state index contributed by atoms with van der Waals surface area (Å²) in [5.74, 6) is 0.0883. The molecule has 98 valence electrons. The van der Waals surface area contributed by atoms with Gasteiger partial charge in [0, 0.05) is 19.0 Å². The first-order valence-electron chi connectivity index (χ1n) is 6.05. The molecule has 2 unspecified atom stereocenters. The third-order valence-electron chi connectivity index (χ3n) is 3.24. The van der Waals surface area contributed by atoms with Crippen LogP contribution in [0.25, 0.3) is 0 Å². The van der Waals surface area contributed by atoms with Crippen LogP contribution in [0.15, 0.2) is 18.2 Å². The fourth-order valence-electron chi connectivity index (χ4n) is 2.47. The smallest absolute Gasteiger partial charge is 0.224 e. The number of hydrogen-bond acceptors (Lipinski definition) is 2. The molecule has 0 aromatic heterocycles. The number of benzene rings is 1. The van der Waals surface area contributed by atoms with Crippen LogP contribution in [-0.4, -0.2) is 23.4 Å². The summed E-state index contributed by atoms with van der Waals surface area (Å²) in [6, 6.07) is 5.08. The zero-order valence-corrected chi connectivity index (χ0v) is 11.7. The van der Waals surface area contributed by atoms with Crippen LogP contribution in [-0.2, 0) is 4.79 Å². The van der Waals surface area contributed by atoms with E-state index in [0.29, 0.717) is 23.0 Å². The molecule has 1 aliphatic rings. The van der Waals surface area contributed by atoms with Gasteiger partial charge in [-0.2, -0.15) is 0 Å².